The zero-order valence-corrected chi connectivity index (χ0v) is 16.3. The molecule has 3 aromatic rings. The Morgan fingerprint density at radius 1 is 1.11 bits per heavy atom. The van der Waals surface area contributed by atoms with Crippen LogP contribution >= 0.6 is 0 Å². The van der Waals surface area contributed by atoms with Crippen molar-refractivity contribution in [2.45, 2.75) is 20.3 Å². The standard InChI is InChI=1S/C23H23N3O2/c1-4-20-18(14-24)21(22(26(20)3)23(27)28-5-2)16-12-10-15(11-13-16)17-8-6-7-9-19(17)25/h6-13H,4-5,25H2,1-3H3. The van der Waals surface area contributed by atoms with Crippen LogP contribution in [0, 0.1) is 11.3 Å². The molecule has 0 aliphatic carbocycles. The van der Waals surface area contributed by atoms with Gasteiger partial charge in [0, 0.05) is 29.6 Å². The van der Waals surface area contributed by atoms with Gasteiger partial charge in [0.15, 0.2) is 0 Å². The summed E-state index contributed by atoms with van der Waals surface area (Å²) in [6.45, 7) is 4.01. The molecule has 0 aliphatic heterocycles. The summed E-state index contributed by atoms with van der Waals surface area (Å²) < 4.78 is 7.02. The Bertz CT molecular complexity index is 1060. The number of aromatic nitrogens is 1. The maximum absolute atomic E-state index is 12.6. The van der Waals surface area contributed by atoms with Crippen molar-refractivity contribution in [1.29, 1.82) is 5.26 Å². The maximum Gasteiger partial charge on any atom is 0.355 e. The monoisotopic (exact) mass is 373 g/mol. The van der Waals surface area contributed by atoms with Gasteiger partial charge in [-0.1, -0.05) is 49.4 Å². The Kier molecular flexibility index (Phi) is 5.51. The van der Waals surface area contributed by atoms with E-state index in [0.29, 0.717) is 28.9 Å². The third-order valence-corrected chi connectivity index (χ3v) is 4.88. The highest BCUT2D eigenvalue weighted by atomic mass is 16.5. The second kappa shape index (κ2) is 8.01. The molecular weight excluding hydrogens is 350 g/mol. The molecule has 0 unspecified atom stereocenters. The lowest BCUT2D eigenvalue weighted by atomic mass is 9.96. The van der Waals surface area contributed by atoms with Crippen LogP contribution in [0.2, 0.25) is 0 Å². The molecule has 0 spiro atoms. The number of esters is 1. The zero-order chi connectivity index (χ0) is 20.3. The Balaban J connectivity index is 2.17. The van der Waals surface area contributed by atoms with Crippen LogP contribution in [-0.2, 0) is 18.2 Å². The Labute approximate surface area is 165 Å². The van der Waals surface area contributed by atoms with E-state index in [1.807, 2.05) is 55.5 Å². The van der Waals surface area contributed by atoms with Crippen LogP contribution in [0.3, 0.4) is 0 Å². The van der Waals surface area contributed by atoms with Gasteiger partial charge in [-0.2, -0.15) is 5.26 Å². The van der Waals surface area contributed by atoms with Gasteiger partial charge in [-0.15, -0.1) is 0 Å². The van der Waals surface area contributed by atoms with Crippen LogP contribution in [0.5, 0.6) is 0 Å². The van der Waals surface area contributed by atoms with Gasteiger partial charge in [0.25, 0.3) is 0 Å². The van der Waals surface area contributed by atoms with Crippen molar-refractivity contribution in [2.24, 2.45) is 7.05 Å². The second-order valence-electron chi connectivity index (χ2n) is 6.45. The summed E-state index contributed by atoms with van der Waals surface area (Å²) in [6, 6.07) is 17.7. The largest absolute Gasteiger partial charge is 0.461 e. The normalized spacial score (nSPS) is 10.5. The van der Waals surface area contributed by atoms with Crippen LogP contribution in [0.15, 0.2) is 48.5 Å². The van der Waals surface area contributed by atoms with Crippen LogP contribution in [0.25, 0.3) is 22.3 Å². The van der Waals surface area contributed by atoms with Gasteiger partial charge in [0.1, 0.15) is 11.8 Å². The minimum Gasteiger partial charge on any atom is -0.461 e. The van der Waals surface area contributed by atoms with Gasteiger partial charge in [0.05, 0.1) is 12.2 Å². The summed E-state index contributed by atoms with van der Waals surface area (Å²) >= 11 is 0. The Morgan fingerprint density at radius 2 is 1.75 bits per heavy atom. The lowest BCUT2D eigenvalue weighted by molar-refractivity contribution is 0.0516. The average Bonchev–Trinajstić information content (AvgIpc) is 3.00. The zero-order valence-electron chi connectivity index (χ0n) is 16.3. The van der Waals surface area contributed by atoms with Crippen LogP contribution in [-0.4, -0.2) is 17.1 Å². The topological polar surface area (TPSA) is 81.0 Å². The number of carbonyl (C=O) groups excluding carboxylic acids is 1. The molecule has 0 atom stereocenters. The molecule has 0 saturated heterocycles. The van der Waals surface area contributed by atoms with E-state index in [1.54, 1.807) is 18.5 Å². The van der Waals surface area contributed by atoms with E-state index in [-0.39, 0.29) is 6.61 Å². The molecule has 28 heavy (non-hydrogen) atoms. The molecule has 0 radical (unpaired) electrons. The van der Waals surface area contributed by atoms with Gasteiger partial charge in [-0.3, -0.25) is 0 Å². The molecule has 0 saturated carbocycles. The SMILES string of the molecule is CCOC(=O)c1c(-c2ccc(-c3ccccc3N)cc2)c(C#N)c(CC)n1C. The van der Waals surface area contributed by atoms with E-state index >= 15 is 0 Å². The van der Waals surface area contributed by atoms with Crippen molar-refractivity contribution in [3.8, 4) is 28.3 Å². The van der Waals surface area contributed by atoms with Crippen molar-refractivity contribution in [3.63, 3.8) is 0 Å². The molecule has 0 fully saturated rings. The van der Waals surface area contributed by atoms with Gasteiger partial charge >= 0.3 is 5.97 Å². The fraction of sp³-hybridized carbons (Fsp3) is 0.217. The van der Waals surface area contributed by atoms with E-state index in [4.69, 9.17) is 10.5 Å². The van der Waals surface area contributed by atoms with Crippen molar-refractivity contribution in [2.75, 3.05) is 12.3 Å². The Hall–Kier alpha value is -3.52. The van der Waals surface area contributed by atoms with Gasteiger partial charge in [-0.25, -0.2) is 4.79 Å². The number of nitrogen functional groups attached to an aromatic ring is 1. The molecule has 5 heteroatoms. The minimum absolute atomic E-state index is 0.277. The van der Waals surface area contributed by atoms with Gasteiger partial charge < -0.3 is 15.0 Å². The number of nitriles is 1. The second-order valence-corrected chi connectivity index (χ2v) is 6.45. The molecule has 2 N–H and O–H groups in total. The third kappa shape index (κ3) is 3.25. The maximum atomic E-state index is 12.6. The van der Waals surface area contributed by atoms with Crippen molar-refractivity contribution in [3.05, 3.63) is 65.5 Å². The van der Waals surface area contributed by atoms with E-state index in [0.717, 1.165) is 22.4 Å². The van der Waals surface area contributed by atoms with Crippen molar-refractivity contribution >= 4 is 11.7 Å². The molecule has 1 heterocycles. The molecule has 2 aromatic carbocycles. The number of carbonyl (C=O) groups is 1. The van der Waals surface area contributed by atoms with Crippen molar-refractivity contribution in [1.82, 2.24) is 4.57 Å². The highest BCUT2D eigenvalue weighted by Gasteiger charge is 2.26. The molecule has 142 valence electrons. The highest BCUT2D eigenvalue weighted by molar-refractivity contribution is 5.98. The first-order valence-corrected chi connectivity index (χ1v) is 9.27. The predicted molar refractivity (Wildman–Crippen MR) is 111 cm³/mol. The Morgan fingerprint density at radius 3 is 2.32 bits per heavy atom. The average molecular weight is 373 g/mol. The molecule has 0 amide bonds. The first-order valence-electron chi connectivity index (χ1n) is 9.27. The summed E-state index contributed by atoms with van der Waals surface area (Å²) in [4.78, 5) is 12.6. The summed E-state index contributed by atoms with van der Waals surface area (Å²) in [6.07, 6.45) is 0.643. The summed E-state index contributed by atoms with van der Waals surface area (Å²) in [5.41, 5.74) is 11.9. The molecule has 5 nitrogen and oxygen atoms in total. The molecule has 3 rings (SSSR count). The first-order chi connectivity index (χ1) is 13.5. The molecule has 0 bridgehead atoms. The number of nitrogens with two attached hydrogens (primary N) is 1. The van der Waals surface area contributed by atoms with Crippen LogP contribution < -0.4 is 5.73 Å². The summed E-state index contributed by atoms with van der Waals surface area (Å²) in [7, 11) is 1.80. The smallest absolute Gasteiger partial charge is 0.355 e. The number of ether oxygens (including phenoxy) is 1. The fourth-order valence-electron chi connectivity index (χ4n) is 3.56. The number of hydrogen-bond acceptors (Lipinski definition) is 4. The van der Waals surface area contributed by atoms with Crippen molar-refractivity contribution < 1.29 is 9.53 Å². The fourth-order valence-corrected chi connectivity index (χ4v) is 3.56. The van der Waals surface area contributed by atoms with Gasteiger partial charge in [0.2, 0.25) is 0 Å². The number of anilines is 1. The lowest BCUT2D eigenvalue weighted by Crippen LogP contribution is -2.12. The molecule has 1 aromatic heterocycles. The van der Waals surface area contributed by atoms with E-state index in [2.05, 4.69) is 6.07 Å². The molecule has 0 aliphatic rings. The van der Waals surface area contributed by atoms with Gasteiger partial charge in [-0.05, 0) is 30.5 Å². The third-order valence-electron chi connectivity index (χ3n) is 4.88. The number of benzene rings is 2. The van der Waals surface area contributed by atoms with Crippen LogP contribution in [0.4, 0.5) is 5.69 Å². The highest BCUT2D eigenvalue weighted by Crippen LogP contribution is 2.35. The summed E-state index contributed by atoms with van der Waals surface area (Å²) in [5.74, 6) is -0.424. The number of nitrogens with zero attached hydrogens (tertiary/aromatic N) is 2. The number of hydrogen-bond donors (Lipinski definition) is 1. The quantitative estimate of drug-likeness (QED) is 0.525. The minimum atomic E-state index is -0.424. The molecular formula is C23H23N3O2. The summed E-state index contributed by atoms with van der Waals surface area (Å²) in [5, 5.41) is 9.78. The van der Waals surface area contributed by atoms with E-state index in [1.165, 1.54) is 0 Å². The number of para-hydroxylation sites is 1. The number of rotatable bonds is 5. The van der Waals surface area contributed by atoms with E-state index in [9.17, 15) is 10.1 Å². The van der Waals surface area contributed by atoms with E-state index < -0.39 is 5.97 Å². The first kappa shape index (κ1) is 19.2. The predicted octanol–water partition coefficient (Wildman–Crippen LogP) is 4.55. The lowest BCUT2D eigenvalue weighted by Gasteiger charge is -2.09. The van der Waals surface area contributed by atoms with Crippen LogP contribution in [0.1, 0.15) is 35.6 Å².